The van der Waals surface area contributed by atoms with Gasteiger partial charge in [-0.05, 0) is 53.4 Å². The maximum Gasteiger partial charge on any atom is 0.217 e. The highest BCUT2D eigenvalue weighted by atomic mass is 16.1. The van der Waals surface area contributed by atoms with E-state index < -0.39 is 0 Å². The van der Waals surface area contributed by atoms with Crippen molar-refractivity contribution in [2.24, 2.45) is 0 Å². The smallest absolute Gasteiger partial charge is 0.217 e. The van der Waals surface area contributed by atoms with Crippen molar-refractivity contribution >= 4 is 5.91 Å². The minimum atomic E-state index is -0.0423. The van der Waals surface area contributed by atoms with Crippen LogP contribution in [0.1, 0.15) is 69.7 Å². The molecule has 0 heterocycles. The molecule has 0 saturated carbocycles. The van der Waals surface area contributed by atoms with Gasteiger partial charge in [0.2, 0.25) is 5.91 Å². The molecule has 1 aliphatic carbocycles. The molecule has 0 atom stereocenters. The van der Waals surface area contributed by atoms with Gasteiger partial charge >= 0.3 is 0 Å². The van der Waals surface area contributed by atoms with Gasteiger partial charge in [0.25, 0.3) is 0 Å². The van der Waals surface area contributed by atoms with E-state index in [9.17, 15) is 4.79 Å². The normalized spacial score (nSPS) is 17.9. The van der Waals surface area contributed by atoms with Gasteiger partial charge in [0.1, 0.15) is 0 Å². The zero-order valence-corrected chi connectivity index (χ0v) is 14.7. The molecular formula is C20H27NO. The summed E-state index contributed by atoms with van der Waals surface area (Å²) < 4.78 is 0. The number of hydrogen-bond acceptors (Lipinski definition) is 1. The Morgan fingerprint density at radius 3 is 2.23 bits per heavy atom. The second-order valence-corrected chi connectivity index (χ2v) is 7.69. The first kappa shape index (κ1) is 16.6. The maximum atomic E-state index is 10.9. The average molecular weight is 297 g/mol. The third-order valence-corrected chi connectivity index (χ3v) is 4.85. The minimum Gasteiger partial charge on any atom is -0.345 e. The largest absolute Gasteiger partial charge is 0.345 e. The second-order valence-electron chi connectivity index (χ2n) is 7.69. The summed E-state index contributed by atoms with van der Waals surface area (Å²) in [7, 11) is 0. The zero-order chi connectivity index (χ0) is 16.5. The Labute approximate surface area is 134 Å². The number of carbonyl (C=O) groups is 1. The summed E-state index contributed by atoms with van der Waals surface area (Å²) in [5, 5.41) is 2.71. The van der Waals surface area contributed by atoms with Gasteiger partial charge in [-0.15, -0.1) is 0 Å². The van der Waals surface area contributed by atoms with Gasteiger partial charge in [-0.2, -0.15) is 0 Å². The third-order valence-electron chi connectivity index (χ3n) is 4.85. The van der Waals surface area contributed by atoms with E-state index in [0.29, 0.717) is 6.54 Å². The lowest BCUT2D eigenvalue weighted by molar-refractivity contribution is -0.118. The Morgan fingerprint density at radius 2 is 1.68 bits per heavy atom. The van der Waals surface area contributed by atoms with Crippen LogP contribution in [0.5, 0.6) is 0 Å². The van der Waals surface area contributed by atoms with Crippen LogP contribution >= 0.6 is 0 Å². The Kier molecular flexibility index (Phi) is 4.38. The molecule has 1 amide bonds. The highest BCUT2D eigenvalue weighted by molar-refractivity contribution is 5.73. The zero-order valence-electron chi connectivity index (χ0n) is 14.7. The summed E-state index contributed by atoms with van der Waals surface area (Å²) in [6, 6.07) is 4.59. The number of nitrogens with one attached hydrogen (secondary N) is 1. The van der Waals surface area contributed by atoms with Gasteiger partial charge < -0.3 is 5.32 Å². The van der Waals surface area contributed by atoms with Crippen LogP contribution in [0.3, 0.4) is 0 Å². The number of carbonyl (C=O) groups excluding carboxylic acids is 1. The van der Waals surface area contributed by atoms with E-state index in [1.807, 2.05) is 0 Å². The van der Waals surface area contributed by atoms with E-state index in [2.05, 4.69) is 63.9 Å². The van der Waals surface area contributed by atoms with E-state index in [0.717, 1.165) is 5.56 Å². The Balaban J connectivity index is 2.42. The van der Waals surface area contributed by atoms with Crippen molar-refractivity contribution in [3.8, 4) is 11.8 Å². The molecule has 118 valence electrons. The Hall–Kier alpha value is -1.75. The number of rotatable bonds is 1. The van der Waals surface area contributed by atoms with E-state index in [4.69, 9.17) is 0 Å². The first-order valence-electron chi connectivity index (χ1n) is 8.02. The van der Waals surface area contributed by atoms with E-state index in [1.54, 1.807) is 0 Å². The van der Waals surface area contributed by atoms with Gasteiger partial charge in [0, 0.05) is 12.5 Å². The number of fused-ring (bicyclic) bond motifs is 1. The SMILES string of the molecule is CC(=O)NCC#Cc1cc2c(cc1C)C(C)(C)CCC2(C)C. The lowest BCUT2D eigenvalue weighted by atomic mass is 9.62. The first-order chi connectivity index (χ1) is 10.1. The lowest BCUT2D eigenvalue weighted by Crippen LogP contribution is -2.34. The number of amides is 1. The van der Waals surface area contributed by atoms with Crippen molar-refractivity contribution in [3.05, 3.63) is 34.4 Å². The predicted octanol–water partition coefficient (Wildman–Crippen LogP) is 3.83. The van der Waals surface area contributed by atoms with Gasteiger partial charge in [-0.25, -0.2) is 0 Å². The molecule has 0 aromatic heterocycles. The van der Waals surface area contributed by atoms with E-state index in [1.165, 1.54) is 36.5 Å². The molecule has 0 aliphatic heterocycles. The molecule has 0 unspecified atom stereocenters. The molecule has 0 bridgehead atoms. The molecule has 1 aromatic rings. The fourth-order valence-corrected chi connectivity index (χ4v) is 3.16. The molecule has 2 nitrogen and oxygen atoms in total. The molecular weight excluding hydrogens is 270 g/mol. The predicted molar refractivity (Wildman–Crippen MR) is 92.0 cm³/mol. The summed E-state index contributed by atoms with van der Waals surface area (Å²) in [6.45, 7) is 13.4. The first-order valence-corrected chi connectivity index (χ1v) is 8.02. The van der Waals surface area contributed by atoms with Crippen molar-refractivity contribution in [2.75, 3.05) is 6.54 Å². The van der Waals surface area contributed by atoms with Crippen LogP contribution in [0.4, 0.5) is 0 Å². The van der Waals surface area contributed by atoms with Gasteiger partial charge in [-0.3, -0.25) is 4.79 Å². The summed E-state index contributed by atoms with van der Waals surface area (Å²) in [5.41, 5.74) is 5.63. The number of benzene rings is 1. The average Bonchev–Trinajstić information content (AvgIpc) is 2.41. The quantitative estimate of drug-likeness (QED) is 0.784. The topological polar surface area (TPSA) is 29.1 Å². The van der Waals surface area contributed by atoms with E-state index in [-0.39, 0.29) is 16.7 Å². The van der Waals surface area contributed by atoms with Gasteiger partial charge in [0.15, 0.2) is 0 Å². The molecule has 22 heavy (non-hydrogen) atoms. The van der Waals surface area contributed by atoms with Crippen LogP contribution < -0.4 is 5.32 Å². The van der Waals surface area contributed by atoms with Crippen LogP contribution in [0.15, 0.2) is 12.1 Å². The highest BCUT2D eigenvalue weighted by Crippen LogP contribution is 2.46. The Morgan fingerprint density at radius 1 is 1.14 bits per heavy atom. The van der Waals surface area contributed by atoms with Crippen molar-refractivity contribution in [1.29, 1.82) is 0 Å². The van der Waals surface area contributed by atoms with Crippen LogP contribution in [0.2, 0.25) is 0 Å². The monoisotopic (exact) mass is 297 g/mol. The summed E-state index contributed by atoms with van der Waals surface area (Å²) in [6.07, 6.45) is 2.43. The highest BCUT2D eigenvalue weighted by Gasteiger charge is 2.37. The molecule has 1 aliphatic rings. The molecule has 0 radical (unpaired) electrons. The summed E-state index contributed by atoms with van der Waals surface area (Å²) in [5.74, 6) is 6.22. The molecule has 1 aromatic carbocycles. The lowest BCUT2D eigenvalue weighted by Gasteiger charge is -2.42. The van der Waals surface area contributed by atoms with Gasteiger partial charge in [-0.1, -0.05) is 45.6 Å². The standard InChI is InChI=1S/C20H27NO/c1-14-12-17-18(20(5,6)10-9-19(17,3)4)13-16(14)8-7-11-21-15(2)22/h12-13H,9-11H2,1-6H3,(H,21,22). The molecule has 0 spiro atoms. The minimum absolute atomic E-state index is 0.0423. The van der Waals surface area contributed by atoms with Crippen LogP contribution in [-0.4, -0.2) is 12.5 Å². The fraction of sp³-hybridized carbons (Fsp3) is 0.550. The van der Waals surface area contributed by atoms with Crippen LogP contribution in [0, 0.1) is 18.8 Å². The van der Waals surface area contributed by atoms with Gasteiger partial charge in [0.05, 0.1) is 6.54 Å². The number of hydrogen-bond donors (Lipinski definition) is 1. The maximum absolute atomic E-state index is 10.9. The molecule has 2 heteroatoms. The summed E-state index contributed by atoms with van der Waals surface area (Å²) >= 11 is 0. The Bertz CT molecular complexity index is 656. The molecule has 2 rings (SSSR count). The van der Waals surface area contributed by atoms with Crippen molar-refractivity contribution in [3.63, 3.8) is 0 Å². The summed E-state index contributed by atoms with van der Waals surface area (Å²) in [4.78, 5) is 10.9. The number of aryl methyl sites for hydroxylation is 1. The molecule has 1 N–H and O–H groups in total. The van der Waals surface area contributed by atoms with E-state index >= 15 is 0 Å². The fourth-order valence-electron chi connectivity index (χ4n) is 3.16. The van der Waals surface area contributed by atoms with Crippen molar-refractivity contribution in [1.82, 2.24) is 5.32 Å². The van der Waals surface area contributed by atoms with Crippen LogP contribution in [-0.2, 0) is 15.6 Å². The molecule has 0 saturated heterocycles. The van der Waals surface area contributed by atoms with Crippen molar-refractivity contribution in [2.45, 2.75) is 65.2 Å². The third kappa shape index (κ3) is 3.35. The van der Waals surface area contributed by atoms with Crippen LogP contribution in [0.25, 0.3) is 0 Å². The second kappa shape index (κ2) is 5.80. The van der Waals surface area contributed by atoms with Crippen molar-refractivity contribution < 1.29 is 4.79 Å². The molecule has 0 fully saturated rings.